The van der Waals surface area contributed by atoms with Crippen LogP contribution in [0.3, 0.4) is 0 Å². The second-order valence-corrected chi connectivity index (χ2v) is 7.13. The third-order valence-corrected chi connectivity index (χ3v) is 5.49. The van der Waals surface area contributed by atoms with Gasteiger partial charge < -0.3 is 14.2 Å². The van der Waals surface area contributed by atoms with E-state index in [-0.39, 0.29) is 19.1 Å². The lowest BCUT2D eigenvalue weighted by atomic mass is 9.96. The maximum Gasteiger partial charge on any atom is 0.231 e. The molecule has 0 aromatic heterocycles. The van der Waals surface area contributed by atoms with Crippen molar-refractivity contribution in [2.75, 3.05) is 6.79 Å². The molecule has 2 atom stereocenters. The molecule has 0 aliphatic carbocycles. The summed E-state index contributed by atoms with van der Waals surface area (Å²) in [5.41, 5.74) is 4.41. The Labute approximate surface area is 162 Å². The Morgan fingerprint density at radius 1 is 0.821 bits per heavy atom. The molecule has 0 unspecified atom stereocenters. The number of para-hydroxylation sites is 1. The largest absolute Gasteiger partial charge is 0.464 e. The average molecular weight is 370 g/mol. The van der Waals surface area contributed by atoms with Crippen molar-refractivity contribution in [1.29, 1.82) is 0 Å². The van der Waals surface area contributed by atoms with E-state index in [1.807, 2.05) is 36.4 Å². The fourth-order valence-corrected chi connectivity index (χ4v) is 4.13. The lowest BCUT2D eigenvalue weighted by Gasteiger charge is -2.38. The van der Waals surface area contributed by atoms with Crippen molar-refractivity contribution in [2.45, 2.75) is 18.7 Å². The first-order valence-electron chi connectivity index (χ1n) is 9.43. The van der Waals surface area contributed by atoms with Crippen LogP contribution in [-0.4, -0.2) is 17.5 Å². The molecule has 0 saturated carbocycles. The molecule has 5 heteroatoms. The van der Waals surface area contributed by atoms with Crippen molar-refractivity contribution >= 4 is 5.71 Å². The van der Waals surface area contributed by atoms with Gasteiger partial charge in [0.05, 0.1) is 11.8 Å². The molecule has 5 nitrogen and oxygen atoms in total. The third kappa shape index (κ3) is 2.36. The molecule has 0 saturated heterocycles. The number of nitrogens with zero attached hydrogens (tertiary/aromatic N) is 2. The molecule has 138 valence electrons. The molecule has 3 aliphatic heterocycles. The number of hydrogen-bond acceptors (Lipinski definition) is 5. The van der Waals surface area contributed by atoms with E-state index in [9.17, 15) is 0 Å². The molecule has 3 aromatic carbocycles. The Morgan fingerprint density at radius 3 is 2.57 bits per heavy atom. The Kier molecular flexibility index (Phi) is 3.35. The van der Waals surface area contributed by atoms with Crippen LogP contribution in [0.2, 0.25) is 0 Å². The quantitative estimate of drug-likeness (QED) is 0.658. The predicted molar refractivity (Wildman–Crippen MR) is 105 cm³/mol. The Hall–Kier alpha value is -3.47. The molecule has 0 bridgehead atoms. The molecular formula is C23H18N2O3. The third-order valence-electron chi connectivity index (χ3n) is 5.49. The highest BCUT2D eigenvalue weighted by molar-refractivity contribution is 6.01. The number of rotatable bonds is 2. The van der Waals surface area contributed by atoms with Crippen LogP contribution in [0.4, 0.5) is 0 Å². The predicted octanol–water partition coefficient (Wildman–Crippen LogP) is 4.66. The van der Waals surface area contributed by atoms with Crippen molar-refractivity contribution in [3.8, 4) is 17.2 Å². The first kappa shape index (κ1) is 15.6. The van der Waals surface area contributed by atoms with E-state index >= 15 is 0 Å². The van der Waals surface area contributed by atoms with Gasteiger partial charge in [-0.05, 0) is 29.8 Å². The van der Waals surface area contributed by atoms with Crippen molar-refractivity contribution < 1.29 is 14.2 Å². The van der Waals surface area contributed by atoms with Crippen molar-refractivity contribution in [1.82, 2.24) is 5.01 Å². The van der Waals surface area contributed by atoms with Crippen molar-refractivity contribution in [3.63, 3.8) is 0 Å². The monoisotopic (exact) mass is 370 g/mol. The van der Waals surface area contributed by atoms with E-state index in [4.69, 9.17) is 19.3 Å². The smallest absolute Gasteiger partial charge is 0.231 e. The molecule has 0 amide bonds. The SMILES string of the molecule is c1ccc(C2=NN3[C@@H](C2)c2ccccc2O[C@H]3c2ccc3c(c2)OCO3)cc1. The van der Waals surface area contributed by atoms with Crippen LogP contribution in [0.25, 0.3) is 0 Å². The molecule has 0 radical (unpaired) electrons. The van der Waals surface area contributed by atoms with Crippen LogP contribution >= 0.6 is 0 Å². The summed E-state index contributed by atoms with van der Waals surface area (Å²) in [5, 5.41) is 7.07. The molecule has 0 N–H and O–H groups in total. The maximum atomic E-state index is 6.40. The van der Waals surface area contributed by atoms with Gasteiger partial charge in [-0.15, -0.1) is 0 Å². The summed E-state index contributed by atoms with van der Waals surface area (Å²) in [6.45, 7) is 0.260. The zero-order valence-corrected chi connectivity index (χ0v) is 15.1. The summed E-state index contributed by atoms with van der Waals surface area (Å²) >= 11 is 0. The minimum absolute atomic E-state index is 0.149. The van der Waals surface area contributed by atoms with Crippen LogP contribution < -0.4 is 14.2 Å². The van der Waals surface area contributed by atoms with Crippen LogP contribution in [0.15, 0.2) is 77.9 Å². The minimum Gasteiger partial charge on any atom is -0.464 e. The second kappa shape index (κ2) is 6.02. The maximum absolute atomic E-state index is 6.40. The van der Waals surface area contributed by atoms with E-state index in [0.717, 1.165) is 40.5 Å². The van der Waals surface area contributed by atoms with Gasteiger partial charge in [-0.2, -0.15) is 5.10 Å². The molecular weight excluding hydrogens is 352 g/mol. The highest BCUT2D eigenvalue weighted by Crippen LogP contribution is 2.48. The van der Waals surface area contributed by atoms with E-state index in [1.54, 1.807) is 0 Å². The Morgan fingerprint density at radius 2 is 1.64 bits per heavy atom. The first-order chi connectivity index (χ1) is 13.9. The van der Waals surface area contributed by atoms with Gasteiger partial charge in [-0.3, -0.25) is 0 Å². The molecule has 6 rings (SSSR count). The van der Waals surface area contributed by atoms with Crippen LogP contribution in [-0.2, 0) is 0 Å². The van der Waals surface area contributed by atoms with Crippen LogP contribution in [0.1, 0.15) is 35.4 Å². The fourth-order valence-electron chi connectivity index (χ4n) is 4.13. The fraction of sp³-hybridized carbons (Fsp3) is 0.174. The van der Waals surface area contributed by atoms with Gasteiger partial charge in [0.15, 0.2) is 11.5 Å². The number of benzene rings is 3. The lowest BCUT2D eigenvalue weighted by molar-refractivity contribution is -0.0191. The number of hydrogen-bond donors (Lipinski definition) is 0. The highest BCUT2D eigenvalue weighted by atomic mass is 16.7. The Balaban J connectivity index is 1.45. The summed E-state index contributed by atoms with van der Waals surface area (Å²) < 4.78 is 17.4. The minimum atomic E-state index is -0.310. The summed E-state index contributed by atoms with van der Waals surface area (Å²) in [5.74, 6) is 2.44. The molecule has 0 spiro atoms. The molecule has 3 aromatic rings. The Bertz CT molecular complexity index is 1080. The van der Waals surface area contributed by atoms with E-state index in [1.165, 1.54) is 5.56 Å². The van der Waals surface area contributed by atoms with E-state index < -0.39 is 0 Å². The van der Waals surface area contributed by atoms with Gasteiger partial charge >= 0.3 is 0 Å². The normalized spacial score (nSPS) is 21.6. The number of ether oxygens (including phenoxy) is 3. The van der Waals surface area contributed by atoms with Gasteiger partial charge in [0, 0.05) is 17.5 Å². The standard InChI is InChI=1S/C23H18N2O3/c1-2-6-15(7-3-1)18-13-19-17-8-4-5-9-20(17)28-23(25(19)24-18)16-10-11-21-22(12-16)27-14-26-21/h1-12,19,23H,13-14H2/t19-,23-/m0/s1. The number of fused-ring (bicyclic) bond motifs is 4. The molecule has 28 heavy (non-hydrogen) atoms. The second-order valence-electron chi connectivity index (χ2n) is 7.13. The highest BCUT2D eigenvalue weighted by Gasteiger charge is 2.41. The lowest BCUT2D eigenvalue weighted by Crippen LogP contribution is -2.33. The first-order valence-corrected chi connectivity index (χ1v) is 9.43. The molecule has 3 aliphatic rings. The van der Waals surface area contributed by atoms with Crippen molar-refractivity contribution in [2.24, 2.45) is 5.10 Å². The van der Waals surface area contributed by atoms with Crippen molar-refractivity contribution in [3.05, 3.63) is 89.5 Å². The van der Waals surface area contributed by atoms with E-state index in [2.05, 4.69) is 41.4 Å². The zero-order chi connectivity index (χ0) is 18.5. The van der Waals surface area contributed by atoms with Gasteiger partial charge in [0.2, 0.25) is 13.0 Å². The molecule has 3 heterocycles. The average Bonchev–Trinajstić information content (AvgIpc) is 3.40. The topological polar surface area (TPSA) is 43.3 Å². The summed E-state index contributed by atoms with van der Waals surface area (Å²) in [6.07, 6.45) is 0.543. The summed E-state index contributed by atoms with van der Waals surface area (Å²) in [4.78, 5) is 0. The van der Waals surface area contributed by atoms with E-state index in [0.29, 0.717) is 0 Å². The zero-order valence-electron chi connectivity index (χ0n) is 15.1. The summed E-state index contributed by atoms with van der Waals surface area (Å²) in [7, 11) is 0. The van der Waals surface area contributed by atoms with Gasteiger partial charge in [0.1, 0.15) is 5.75 Å². The van der Waals surface area contributed by atoms with Crippen LogP contribution in [0, 0.1) is 0 Å². The van der Waals surface area contributed by atoms with Gasteiger partial charge in [-0.1, -0.05) is 48.5 Å². The molecule has 0 fully saturated rings. The summed E-state index contributed by atoms with van der Waals surface area (Å²) in [6, 6.07) is 24.7. The van der Waals surface area contributed by atoms with Crippen LogP contribution in [0.5, 0.6) is 17.2 Å². The number of hydrazone groups is 1. The van der Waals surface area contributed by atoms with Gasteiger partial charge in [-0.25, -0.2) is 5.01 Å². The van der Waals surface area contributed by atoms with Gasteiger partial charge in [0.25, 0.3) is 0 Å².